The zero-order valence-corrected chi connectivity index (χ0v) is 19.9. The summed E-state index contributed by atoms with van der Waals surface area (Å²) in [7, 11) is 0. The van der Waals surface area contributed by atoms with Gasteiger partial charge in [-0.25, -0.2) is 4.79 Å². The number of hydrogen-bond donors (Lipinski definition) is 1. The SMILES string of the molecule is CCOC(=O)c1ccc(N2CCN(CC)CC2)c(NC(=O)c2ccc(C(C)(C)C)cc2)c1. The minimum absolute atomic E-state index is 0.0246. The fourth-order valence-electron chi connectivity index (χ4n) is 3.87. The Morgan fingerprint density at radius 2 is 1.56 bits per heavy atom. The number of nitrogens with zero attached hydrogens (tertiary/aromatic N) is 2. The number of anilines is 2. The minimum Gasteiger partial charge on any atom is -0.462 e. The van der Waals surface area contributed by atoms with Crippen molar-refractivity contribution in [2.75, 3.05) is 49.5 Å². The number of likely N-dealkylation sites (N-methyl/N-ethyl adjacent to an activating group) is 1. The summed E-state index contributed by atoms with van der Waals surface area (Å²) in [5.74, 6) is -0.584. The number of nitrogens with one attached hydrogen (secondary N) is 1. The maximum atomic E-state index is 13.1. The number of hydrogen-bond acceptors (Lipinski definition) is 5. The third-order valence-corrected chi connectivity index (χ3v) is 5.93. The van der Waals surface area contributed by atoms with E-state index in [0.717, 1.165) is 38.4 Å². The van der Waals surface area contributed by atoms with Crippen molar-refractivity contribution in [2.24, 2.45) is 0 Å². The maximum Gasteiger partial charge on any atom is 0.338 e. The highest BCUT2D eigenvalue weighted by molar-refractivity contribution is 6.07. The van der Waals surface area contributed by atoms with Gasteiger partial charge in [0.2, 0.25) is 0 Å². The van der Waals surface area contributed by atoms with Crippen LogP contribution in [0.15, 0.2) is 42.5 Å². The van der Waals surface area contributed by atoms with Crippen molar-refractivity contribution in [3.8, 4) is 0 Å². The zero-order chi connectivity index (χ0) is 23.3. The molecule has 1 aliphatic rings. The molecule has 1 N–H and O–H groups in total. The first-order valence-corrected chi connectivity index (χ1v) is 11.4. The number of amides is 1. The molecule has 1 heterocycles. The van der Waals surface area contributed by atoms with Crippen LogP contribution in [0.5, 0.6) is 0 Å². The summed E-state index contributed by atoms with van der Waals surface area (Å²) in [6, 6.07) is 13.1. The van der Waals surface area contributed by atoms with Gasteiger partial charge in [0.05, 0.1) is 23.5 Å². The van der Waals surface area contributed by atoms with E-state index in [1.54, 1.807) is 19.1 Å². The number of carbonyl (C=O) groups excluding carboxylic acids is 2. The van der Waals surface area contributed by atoms with Crippen molar-refractivity contribution in [2.45, 2.75) is 40.0 Å². The number of piperazine rings is 1. The summed E-state index contributed by atoms with van der Waals surface area (Å²) in [5.41, 5.74) is 3.77. The Labute approximate surface area is 191 Å². The lowest BCUT2D eigenvalue weighted by Crippen LogP contribution is -2.46. The molecule has 2 aromatic rings. The molecule has 0 atom stereocenters. The molecule has 3 rings (SSSR count). The second kappa shape index (κ2) is 10.2. The standard InChI is InChI=1S/C26H35N3O3/c1-6-28-14-16-29(17-15-28)23-13-10-20(25(31)32-7-2)18-22(23)27-24(30)19-8-11-21(12-9-19)26(3,4)5/h8-13,18H,6-7,14-17H2,1-5H3,(H,27,30). The van der Waals surface area contributed by atoms with E-state index in [2.05, 4.69) is 42.8 Å². The monoisotopic (exact) mass is 437 g/mol. The molecule has 172 valence electrons. The lowest BCUT2D eigenvalue weighted by Gasteiger charge is -2.36. The predicted molar refractivity (Wildman–Crippen MR) is 130 cm³/mol. The van der Waals surface area contributed by atoms with Crippen LogP contribution in [0.1, 0.15) is 60.9 Å². The van der Waals surface area contributed by atoms with Crippen molar-refractivity contribution in [1.82, 2.24) is 4.90 Å². The number of carbonyl (C=O) groups is 2. The van der Waals surface area contributed by atoms with Gasteiger partial charge < -0.3 is 19.9 Å². The van der Waals surface area contributed by atoms with E-state index < -0.39 is 0 Å². The Morgan fingerprint density at radius 1 is 0.938 bits per heavy atom. The molecule has 1 fully saturated rings. The van der Waals surface area contributed by atoms with Gasteiger partial charge in [0, 0.05) is 31.7 Å². The lowest BCUT2D eigenvalue weighted by atomic mass is 9.87. The van der Waals surface area contributed by atoms with E-state index in [9.17, 15) is 9.59 Å². The second-order valence-corrected chi connectivity index (χ2v) is 9.16. The van der Waals surface area contributed by atoms with Crippen LogP contribution >= 0.6 is 0 Å². The smallest absolute Gasteiger partial charge is 0.338 e. The van der Waals surface area contributed by atoms with Crippen LogP contribution in [0.3, 0.4) is 0 Å². The molecule has 0 saturated carbocycles. The molecular formula is C26H35N3O3. The summed E-state index contributed by atoms with van der Waals surface area (Å²) >= 11 is 0. The molecule has 0 radical (unpaired) electrons. The Kier molecular flexibility index (Phi) is 7.56. The average Bonchev–Trinajstić information content (AvgIpc) is 2.79. The van der Waals surface area contributed by atoms with Crippen LogP contribution in [0, 0.1) is 0 Å². The highest BCUT2D eigenvalue weighted by Crippen LogP contribution is 2.30. The van der Waals surface area contributed by atoms with Crippen LogP contribution in [-0.2, 0) is 10.2 Å². The van der Waals surface area contributed by atoms with Crippen LogP contribution in [0.2, 0.25) is 0 Å². The molecule has 2 aromatic carbocycles. The van der Waals surface area contributed by atoms with Gasteiger partial charge in [-0.2, -0.15) is 0 Å². The number of rotatable bonds is 6. The molecule has 6 heteroatoms. The lowest BCUT2D eigenvalue weighted by molar-refractivity contribution is 0.0526. The molecule has 0 bridgehead atoms. The Bertz CT molecular complexity index is 940. The van der Waals surface area contributed by atoms with E-state index >= 15 is 0 Å². The topological polar surface area (TPSA) is 61.9 Å². The third-order valence-electron chi connectivity index (χ3n) is 5.93. The summed E-state index contributed by atoms with van der Waals surface area (Å²) in [6.45, 7) is 15.4. The first kappa shape index (κ1) is 23.8. The molecule has 0 aromatic heterocycles. The number of benzene rings is 2. The molecule has 1 saturated heterocycles. The molecule has 0 unspecified atom stereocenters. The van der Waals surface area contributed by atoms with Crippen molar-refractivity contribution >= 4 is 23.3 Å². The molecule has 1 aliphatic heterocycles. The quantitative estimate of drug-likeness (QED) is 0.672. The zero-order valence-electron chi connectivity index (χ0n) is 19.9. The van der Waals surface area contributed by atoms with Gasteiger partial charge in [-0.15, -0.1) is 0 Å². The fourth-order valence-corrected chi connectivity index (χ4v) is 3.87. The molecule has 6 nitrogen and oxygen atoms in total. The molecule has 0 aliphatic carbocycles. The molecule has 1 amide bonds. The van der Waals surface area contributed by atoms with Gasteiger partial charge in [0.1, 0.15) is 0 Å². The van der Waals surface area contributed by atoms with E-state index in [4.69, 9.17) is 4.74 Å². The van der Waals surface area contributed by atoms with E-state index in [1.165, 1.54) is 5.56 Å². The van der Waals surface area contributed by atoms with E-state index in [0.29, 0.717) is 23.4 Å². The fraction of sp³-hybridized carbons (Fsp3) is 0.462. The van der Waals surface area contributed by atoms with Gasteiger partial charge in [0.25, 0.3) is 5.91 Å². The highest BCUT2D eigenvalue weighted by atomic mass is 16.5. The van der Waals surface area contributed by atoms with Gasteiger partial charge in [-0.05, 0) is 54.8 Å². The van der Waals surface area contributed by atoms with E-state index in [-0.39, 0.29) is 17.3 Å². The first-order chi connectivity index (χ1) is 15.2. The number of ether oxygens (including phenoxy) is 1. The summed E-state index contributed by atoms with van der Waals surface area (Å²) in [6.07, 6.45) is 0. The van der Waals surface area contributed by atoms with Crippen LogP contribution in [-0.4, -0.2) is 56.1 Å². The summed E-state index contributed by atoms with van der Waals surface area (Å²) in [4.78, 5) is 30.0. The second-order valence-electron chi connectivity index (χ2n) is 9.16. The number of esters is 1. The van der Waals surface area contributed by atoms with Crippen molar-refractivity contribution in [3.05, 3.63) is 59.2 Å². The van der Waals surface area contributed by atoms with Crippen LogP contribution in [0.25, 0.3) is 0 Å². The average molecular weight is 438 g/mol. The van der Waals surface area contributed by atoms with Gasteiger partial charge in [0.15, 0.2) is 0 Å². The Hall–Kier alpha value is -2.86. The van der Waals surface area contributed by atoms with Crippen LogP contribution < -0.4 is 10.2 Å². The van der Waals surface area contributed by atoms with Crippen molar-refractivity contribution < 1.29 is 14.3 Å². The minimum atomic E-state index is -0.389. The van der Waals surface area contributed by atoms with Crippen LogP contribution in [0.4, 0.5) is 11.4 Å². The normalized spacial score (nSPS) is 14.8. The molecule has 0 spiro atoms. The van der Waals surface area contributed by atoms with Crippen molar-refractivity contribution in [1.29, 1.82) is 0 Å². The van der Waals surface area contributed by atoms with Gasteiger partial charge >= 0.3 is 5.97 Å². The Balaban J connectivity index is 1.87. The van der Waals surface area contributed by atoms with Gasteiger partial charge in [-0.3, -0.25) is 4.79 Å². The molecular weight excluding hydrogens is 402 g/mol. The molecule has 32 heavy (non-hydrogen) atoms. The highest BCUT2D eigenvalue weighted by Gasteiger charge is 2.21. The maximum absolute atomic E-state index is 13.1. The van der Waals surface area contributed by atoms with Gasteiger partial charge in [-0.1, -0.05) is 39.8 Å². The largest absolute Gasteiger partial charge is 0.462 e. The van der Waals surface area contributed by atoms with Crippen molar-refractivity contribution in [3.63, 3.8) is 0 Å². The summed E-state index contributed by atoms with van der Waals surface area (Å²) in [5, 5.41) is 3.04. The Morgan fingerprint density at radius 3 is 2.12 bits per heavy atom. The summed E-state index contributed by atoms with van der Waals surface area (Å²) < 4.78 is 5.16. The predicted octanol–water partition coefficient (Wildman–Crippen LogP) is 4.56. The van der Waals surface area contributed by atoms with E-state index in [1.807, 2.05) is 30.3 Å². The first-order valence-electron chi connectivity index (χ1n) is 11.4. The third kappa shape index (κ3) is 5.68.